The fraction of sp³-hybridized carbons (Fsp3) is 0.167. The lowest BCUT2D eigenvalue weighted by molar-refractivity contribution is -0.123. The van der Waals surface area contributed by atoms with Gasteiger partial charge in [-0.05, 0) is 65.2 Å². The van der Waals surface area contributed by atoms with Gasteiger partial charge in [-0.25, -0.2) is 0 Å². The molecule has 1 aliphatic heterocycles. The number of aromatic nitrogens is 1. The van der Waals surface area contributed by atoms with Crippen LogP contribution in [0.2, 0.25) is 0 Å². The van der Waals surface area contributed by atoms with Crippen LogP contribution in [0.5, 0.6) is 11.5 Å². The van der Waals surface area contributed by atoms with Gasteiger partial charge in [0.15, 0.2) is 0 Å². The van der Waals surface area contributed by atoms with Crippen molar-refractivity contribution in [3.63, 3.8) is 0 Å². The van der Waals surface area contributed by atoms with Crippen LogP contribution in [0.1, 0.15) is 39.0 Å². The standard InChI is InChI=1S/C30H27N3O4/c1-36-23-13-9-21(10-14-23)28-27(29(34)32-19-20-6-5-17-31-18-20)25-7-3-4-8-26(25)30(35)33(28)22-11-15-24(37-2)16-12-22/h3-18,27-28H,19H2,1-2H3,(H,32,34)/t27-,28-/m1/s1. The van der Waals surface area contributed by atoms with Gasteiger partial charge >= 0.3 is 0 Å². The summed E-state index contributed by atoms with van der Waals surface area (Å²) in [5.41, 5.74) is 3.59. The van der Waals surface area contributed by atoms with Crippen LogP contribution in [0, 0.1) is 0 Å². The number of hydrogen-bond acceptors (Lipinski definition) is 5. The second-order valence-corrected chi connectivity index (χ2v) is 8.74. The summed E-state index contributed by atoms with van der Waals surface area (Å²) in [6, 6.07) is 25.3. The van der Waals surface area contributed by atoms with Crippen molar-refractivity contribution in [1.29, 1.82) is 0 Å². The Morgan fingerprint density at radius 2 is 1.57 bits per heavy atom. The summed E-state index contributed by atoms with van der Waals surface area (Å²) >= 11 is 0. The van der Waals surface area contributed by atoms with Crippen LogP contribution < -0.4 is 19.7 Å². The Morgan fingerprint density at radius 1 is 0.892 bits per heavy atom. The maximum absolute atomic E-state index is 14.0. The van der Waals surface area contributed by atoms with Crippen molar-refractivity contribution in [1.82, 2.24) is 10.3 Å². The number of benzene rings is 3. The highest BCUT2D eigenvalue weighted by Gasteiger charge is 2.44. The summed E-state index contributed by atoms with van der Waals surface area (Å²) in [6.45, 7) is 0.331. The van der Waals surface area contributed by atoms with E-state index in [-0.39, 0.29) is 11.8 Å². The number of methoxy groups -OCH3 is 2. The van der Waals surface area contributed by atoms with E-state index in [4.69, 9.17) is 9.47 Å². The van der Waals surface area contributed by atoms with Crippen LogP contribution in [0.3, 0.4) is 0 Å². The Balaban J connectivity index is 1.63. The highest BCUT2D eigenvalue weighted by atomic mass is 16.5. The van der Waals surface area contributed by atoms with Gasteiger partial charge in [0, 0.05) is 30.2 Å². The van der Waals surface area contributed by atoms with E-state index in [1.54, 1.807) is 37.6 Å². The van der Waals surface area contributed by atoms with Crippen LogP contribution in [0.15, 0.2) is 97.3 Å². The summed E-state index contributed by atoms with van der Waals surface area (Å²) < 4.78 is 10.7. The third-order valence-corrected chi connectivity index (χ3v) is 6.62. The Hall–Kier alpha value is -4.65. The van der Waals surface area contributed by atoms with E-state index >= 15 is 0 Å². The number of amides is 2. The SMILES string of the molecule is COc1ccc([C@@H]2[C@H](C(=O)NCc3cccnc3)c3ccccc3C(=O)N2c2ccc(OC)cc2)cc1. The molecule has 7 nitrogen and oxygen atoms in total. The lowest BCUT2D eigenvalue weighted by atomic mass is 9.78. The van der Waals surface area contributed by atoms with E-state index in [1.165, 1.54) is 0 Å². The van der Waals surface area contributed by atoms with Gasteiger partial charge in [-0.2, -0.15) is 0 Å². The van der Waals surface area contributed by atoms with Crippen molar-refractivity contribution in [2.75, 3.05) is 19.1 Å². The fourth-order valence-corrected chi connectivity index (χ4v) is 4.79. The molecule has 3 aromatic carbocycles. The Labute approximate surface area is 215 Å². The lowest BCUT2D eigenvalue weighted by Gasteiger charge is -2.42. The third kappa shape index (κ3) is 4.76. The Morgan fingerprint density at radius 3 is 2.22 bits per heavy atom. The van der Waals surface area contributed by atoms with Crippen LogP contribution in [0.25, 0.3) is 0 Å². The average Bonchev–Trinajstić information content (AvgIpc) is 2.96. The van der Waals surface area contributed by atoms with E-state index in [9.17, 15) is 9.59 Å². The lowest BCUT2D eigenvalue weighted by Crippen LogP contribution is -2.47. The summed E-state index contributed by atoms with van der Waals surface area (Å²) in [4.78, 5) is 33.7. The number of fused-ring (bicyclic) bond motifs is 1. The molecule has 1 N–H and O–H groups in total. The smallest absolute Gasteiger partial charge is 0.259 e. The number of carbonyl (C=O) groups excluding carboxylic acids is 2. The first kappa shape index (κ1) is 24.1. The molecule has 0 unspecified atom stereocenters. The number of anilines is 1. The monoisotopic (exact) mass is 493 g/mol. The van der Waals surface area contributed by atoms with Crippen molar-refractivity contribution < 1.29 is 19.1 Å². The minimum atomic E-state index is -0.652. The topological polar surface area (TPSA) is 80.8 Å². The summed E-state index contributed by atoms with van der Waals surface area (Å²) in [5.74, 6) is 0.377. The number of pyridine rings is 1. The van der Waals surface area contributed by atoms with Crippen LogP contribution >= 0.6 is 0 Å². The van der Waals surface area contributed by atoms with Gasteiger partial charge in [0.1, 0.15) is 11.5 Å². The van der Waals surface area contributed by atoms with Gasteiger partial charge in [-0.15, -0.1) is 0 Å². The van der Waals surface area contributed by atoms with E-state index in [2.05, 4.69) is 10.3 Å². The van der Waals surface area contributed by atoms with Gasteiger partial charge < -0.3 is 14.8 Å². The van der Waals surface area contributed by atoms with Gasteiger partial charge in [0.25, 0.3) is 5.91 Å². The third-order valence-electron chi connectivity index (χ3n) is 6.62. The molecular weight excluding hydrogens is 466 g/mol. The predicted octanol–water partition coefficient (Wildman–Crippen LogP) is 4.90. The zero-order chi connectivity index (χ0) is 25.8. The van der Waals surface area contributed by atoms with Gasteiger partial charge in [0.2, 0.25) is 5.91 Å². The predicted molar refractivity (Wildman–Crippen MR) is 141 cm³/mol. The first-order valence-corrected chi connectivity index (χ1v) is 12.0. The second kappa shape index (κ2) is 10.5. The van der Waals surface area contributed by atoms with Crippen molar-refractivity contribution in [2.24, 2.45) is 0 Å². The number of ether oxygens (including phenoxy) is 2. The molecule has 0 saturated heterocycles. The highest BCUT2D eigenvalue weighted by molar-refractivity contribution is 6.11. The summed E-state index contributed by atoms with van der Waals surface area (Å²) in [5, 5.41) is 3.08. The molecule has 2 heterocycles. The van der Waals surface area contributed by atoms with E-state index in [1.807, 2.05) is 78.9 Å². The zero-order valence-electron chi connectivity index (χ0n) is 20.6. The number of carbonyl (C=O) groups is 2. The fourth-order valence-electron chi connectivity index (χ4n) is 4.79. The summed E-state index contributed by atoms with van der Waals surface area (Å²) in [6.07, 6.45) is 3.42. The first-order chi connectivity index (χ1) is 18.1. The van der Waals surface area contributed by atoms with Crippen LogP contribution in [-0.2, 0) is 11.3 Å². The average molecular weight is 494 g/mol. The normalized spacial score (nSPS) is 16.6. The molecule has 0 radical (unpaired) electrons. The second-order valence-electron chi connectivity index (χ2n) is 8.74. The van der Waals surface area contributed by atoms with Gasteiger partial charge in [-0.3, -0.25) is 19.5 Å². The summed E-state index contributed by atoms with van der Waals surface area (Å²) in [7, 11) is 3.20. The van der Waals surface area contributed by atoms with Crippen molar-refractivity contribution in [3.05, 3.63) is 120 Å². The number of nitrogens with one attached hydrogen (secondary N) is 1. The van der Waals surface area contributed by atoms with Gasteiger partial charge in [-0.1, -0.05) is 36.4 Å². The maximum atomic E-state index is 14.0. The first-order valence-electron chi connectivity index (χ1n) is 12.0. The minimum Gasteiger partial charge on any atom is -0.497 e. The molecule has 0 bridgehead atoms. The van der Waals surface area contributed by atoms with Crippen molar-refractivity contribution in [2.45, 2.75) is 18.5 Å². The largest absolute Gasteiger partial charge is 0.497 e. The molecule has 0 spiro atoms. The molecule has 1 aromatic heterocycles. The molecule has 2 atom stereocenters. The van der Waals surface area contributed by atoms with E-state index in [0.717, 1.165) is 11.1 Å². The highest BCUT2D eigenvalue weighted by Crippen LogP contribution is 2.45. The van der Waals surface area contributed by atoms with Crippen molar-refractivity contribution in [3.8, 4) is 11.5 Å². The molecular formula is C30H27N3O4. The Bertz CT molecular complexity index is 1390. The molecule has 1 aliphatic rings. The van der Waals surface area contributed by atoms with E-state index in [0.29, 0.717) is 34.9 Å². The molecule has 0 saturated carbocycles. The zero-order valence-corrected chi connectivity index (χ0v) is 20.6. The van der Waals surface area contributed by atoms with Crippen LogP contribution in [0.4, 0.5) is 5.69 Å². The number of rotatable bonds is 7. The molecule has 4 aromatic rings. The molecule has 37 heavy (non-hydrogen) atoms. The maximum Gasteiger partial charge on any atom is 0.259 e. The molecule has 186 valence electrons. The Kier molecular flexibility index (Phi) is 6.85. The molecule has 2 amide bonds. The minimum absolute atomic E-state index is 0.169. The molecule has 0 fully saturated rings. The molecule has 5 rings (SSSR count). The molecule has 7 heteroatoms. The number of hydrogen-bond donors (Lipinski definition) is 1. The number of nitrogens with zero attached hydrogens (tertiary/aromatic N) is 2. The molecule has 0 aliphatic carbocycles. The van der Waals surface area contributed by atoms with E-state index < -0.39 is 12.0 Å². The quantitative estimate of drug-likeness (QED) is 0.396. The van der Waals surface area contributed by atoms with Crippen LogP contribution in [-0.4, -0.2) is 31.0 Å². The van der Waals surface area contributed by atoms with Gasteiger partial charge in [0.05, 0.1) is 26.2 Å². The van der Waals surface area contributed by atoms with Crippen molar-refractivity contribution >= 4 is 17.5 Å².